The number of aliphatic carboxylic acids is 1. The number of carbonyl (C=O) groups excluding carboxylic acids is 1. The summed E-state index contributed by atoms with van der Waals surface area (Å²) in [6.45, 7) is 4.88. The molecule has 0 saturated carbocycles. The fourth-order valence-electron chi connectivity index (χ4n) is 3.11. The zero-order valence-electron chi connectivity index (χ0n) is 14.5. The molecule has 2 atom stereocenters. The van der Waals surface area contributed by atoms with Crippen molar-refractivity contribution in [3.05, 3.63) is 35.4 Å². The minimum atomic E-state index is -0.987. The molecule has 2 unspecified atom stereocenters. The van der Waals surface area contributed by atoms with E-state index in [1.165, 1.54) is 4.90 Å². The Morgan fingerprint density at radius 3 is 2.62 bits per heavy atom. The lowest BCUT2D eigenvalue weighted by molar-refractivity contribution is -0.143. The van der Waals surface area contributed by atoms with Crippen molar-refractivity contribution < 1.29 is 19.4 Å². The van der Waals surface area contributed by atoms with Gasteiger partial charge < -0.3 is 9.84 Å². The lowest BCUT2D eigenvalue weighted by atomic mass is 9.94. The number of ether oxygens (including phenoxy) is 1. The Labute approximate surface area is 143 Å². The first-order valence-corrected chi connectivity index (χ1v) is 8.79. The molecule has 1 aliphatic heterocycles. The quantitative estimate of drug-likeness (QED) is 0.823. The van der Waals surface area contributed by atoms with Crippen LogP contribution in [-0.4, -0.2) is 34.7 Å². The zero-order chi connectivity index (χ0) is 17.5. The fourth-order valence-corrected chi connectivity index (χ4v) is 3.11. The van der Waals surface area contributed by atoms with Crippen LogP contribution in [0.2, 0.25) is 0 Å². The van der Waals surface area contributed by atoms with Crippen LogP contribution in [0.1, 0.15) is 50.7 Å². The van der Waals surface area contributed by atoms with E-state index >= 15 is 0 Å². The summed E-state index contributed by atoms with van der Waals surface area (Å²) in [7, 11) is 0. The van der Waals surface area contributed by atoms with E-state index < -0.39 is 18.1 Å². The molecule has 132 valence electrons. The standard InChI is InChI=1S/C19H27NO4/c1-3-5-8-14(4-2)13-24-19(23)20-12-16-10-7-6-9-15(16)11-17(20)18(21)22/h6-7,9-10,14,17H,3-5,8,11-13H2,1-2H3,(H,21,22). The molecule has 1 aromatic rings. The van der Waals surface area contributed by atoms with Crippen molar-refractivity contribution in [3.63, 3.8) is 0 Å². The van der Waals surface area contributed by atoms with E-state index in [0.717, 1.165) is 36.8 Å². The van der Waals surface area contributed by atoms with Crippen molar-refractivity contribution in [2.75, 3.05) is 6.61 Å². The highest BCUT2D eigenvalue weighted by Crippen LogP contribution is 2.24. The maximum atomic E-state index is 12.5. The minimum absolute atomic E-state index is 0.289. The SMILES string of the molecule is CCCCC(CC)COC(=O)N1Cc2ccccc2CC1C(=O)O. The Morgan fingerprint density at radius 1 is 1.29 bits per heavy atom. The van der Waals surface area contributed by atoms with E-state index in [4.69, 9.17) is 4.74 Å². The molecule has 5 nitrogen and oxygen atoms in total. The number of amides is 1. The third-order valence-electron chi connectivity index (χ3n) is 4.75. The molecule has 0 fully saturated rings. The zero-order valence-corrected chi connectivity index (χ0v) is 14.5. The van der Waals surface area contributed by atoms with Crippen molar-refractivity contribution in [1.82, 2.24) is 4.90 Å². The summed E-state index contributed by atoms with van der Waals surface area (Å²) in [5.74, 6) is -0.645. The Morgan fingerprint density at radius 2 is 2.00 bits per heavy atom. The first-order valence-electron chi connectivity index (χ1n) is 8.79. The monoisotopic (exact) mass is 333 g/mol. The van der Waals surface area contributed by atoms with Gasteiger partial charge in [-0.3, -0.25) is 4.90 Å². The Kier molecular flexibility index (Phi) is 6.64. The predicted octanol–water partition coefficient (Wildman–Crippen LogP) is 3.85. The van der Waals surface area contributed by atoms with Crippen LogP contribution >= 0.6 is 0 Å². The highest BCUT2D eigenvalue weighted by Gasteiger charge is 2.35. The van der Waals surface area contributed by atoms with E-state index in [9.17, 15) is 14.7 Å². The van der Waals surface area contributed by atoms with Gasteiger partial charge in [0, 0.05) is 6.42 Å². The van der Waals surface area contributed by atoms with Gasteiger partial charge in [-0.1, -0.05) is 57.4 Å². The fraction of sp³-hybridized carbons (Fsp3) is 0.579. The maximum Gasteiger partial charge on any atom is 0.410 e. The van der Waals surface area contributed by atoms with E-state index in [1.807, 2.05) is 24.3 Å². The summed E-state index contributed by atoms with van der Waals surface area (Å²) in [5.41, 5.74) is 1.98. The van der Waals surface area contributed by atoms with Crippen molar-refractivity contribution in [3.8, 4) is 0 Å². The van der Waals surface area contributed by atoms with Crippen LogP contribution < -0.4 is 0 Å². The van der Waals surface area contributed by atoms with E-state index in [1.54, 1.807) is 0 Å². The lowest BCUT2D eigenvalue weighted by Gasteiger charge is -2.34. The Bertz CT molecular complexity index is 572. The molecule has 1 aliphatic rings. The Hall–Kier alpha value is -2.04. The van der Waals surface area contributed by atoms with E-state index in [0.29, 0.717) is 18.9 Å². The first kappa shape index (κ1) is 18.3. The number of nitrogens with zero attached hydrogens (tertiary/aromatic N) is 1. The number of carboxylic acids is 1. The molecule has 2 rings (SSSR count). The first-order chi connectivity index (χ1) is 11.6. The molecule has 0 saturated heterocycles. The van der Waals surface area contributed by atoms with Gasteiger partial charge in [-0.05, 0) is 23.5 Å². The highest BCUT2D eigenvalue weighted by atomic mass is 16.6. The summed E-state index contributed by atoms with van der Waals surface area (Å²) in [6.07, 6.45) is 4.03. The number of hydrogen-bond acceptors (Lipinski definition) is 3. The van der Waals surface area contributed by atoms with Crippen LogP contribution in [0.3, 0.4) is 0 Å². The second kappa shape index (κ2) is 8.71. The van der Waals surface area contributed by atoms with Gasteiger partial charge in [-0.25, -0.2) is 9.59 Å². The van der Waals surface area contributed by atoms with E-state index in [-0.39, 0.29) is 6.54 Å². The lowest BCUT2D eigenvalue weighted by Crippen LogP contribution is -2.49. The third-order valence-corrected chi connectivity index (χ3v) is 4.75. The number of rotatable bonds is 7. The molecule has 1 amide bonds. The number of unbranched alkanes of at least 4 members (excludes halogenated alkanes) is 1. The molecule has 1 aromatic carbocycles. The van der Waals surface area contributed by atoms with Crippen LogP contribution in [0.15, 0.2) is 24.3 Å². The maximum absolute atomic E-state index is 12.5. The van der Waals surface area contributed by atoms with Gasteiger partial charge in [0.2, 0.25) is 0 Å². The molecule has 0 aromatic heterocycles. The average molecular weight is 333 g/mol. The normalized spacial score (nSPS) is 17.9. The van der Waals surface area contributed by atoms with Gasteiger partial charge in [0.05, 0.1) is 13.2 Å². The topological polar surface area (TPSA) is 66.8 Å². The molecule has 0 aliphatic carbocycles. The van der Waals surface area contributed by atoms with Crippen molar-refractivity contribution >= 4 is 12.1 Å². The molecule has 1 heterocycles. The molecule has 1 N–H and O–H groups in total. The van der Waals surface area contributed by atoms with Crippen LogP contribution in [-0.2, 0) is 22.5 Å². The molecule has 0 spiro atoms. The molecule has 5 heteroatoms. The molecule has 24 heavy (non-hydrogen) atoms. The number of fused-ring (bicyclic) bond motifs is 1. The van der Waals surface area contributed by atoms with E-state index in [2.05, 4.69) is 13.8 Å². The number of hydrogen-bond donors (Lipinski definition) is 1. The van der Waals surface area contributed by atoms with Gasteiger partial charge in [0.15, 0.2) is 0 Å². The molecule has 0 bridgehead atoms. The second-order valence-electron chi connectivity index (χ2n) is 6.45. The third kappa shape index (κ3) is 4.49. The van der Waals surface area contributed by atoms with Gasteiger partial charge >= 0.3 is 12.1 Å². The molecule has 0 radical (unpaired) electrons. The second-order valence-corrected chi connectivity index (χ2v) is 6.45. The minimum Gasteiger partial charge on any atom is -0.480 e. The summed E-state index contributed by atoms with van der Waals surface area (Å²) < 4.78 is 5.45. The predicted molar refractivity (Wildman–Crippen MR) is 91.8 cm³/mol. The highest BCUT2D eigenvalue weighted by molar-refractivity contribution is 5.81. The van der Waals surface area contributed by atoms with Crippen LogP contribution in [0.25, 0.3) is 0 Å². The largest absolute Gasteiger partial charge is 0.480 e. The molecular weight excluding hydrogens is 306 g/mol. The van der Waals surface area contributed by atoms with Gasteiger partial charge in [-0.2, -0.15) is 0 Å². The van der Waals surface area contributed by atoms with Gasteiger partial charge in [0.25, 0.3) is 0 Å². The van der Waals surface area contributed by atoms with Crippen molar-refractivity contribution in [2.24, 2.45) is 5.92 Å². The number of carboxylic acid groups (broad SMARTS) is 1. The van der Waals surface area contributed by atoms with Crippen molar-refractivity contribution in [2.45, 2.75) is 58.5 Å². The smallest absolute Gasteiger partial charge is 0.410 e. The summed E-state index contributed by atoms with van der Waals surface area (Å²) in [4.78, 5) is 25.4. The number of benzene rings is 1. The molecular formula is C19H27NO4. The average Bonchev–Trinajstić information content (AvgIpc) is 2.60. The van der Waals surface area contributed by atoms with Crippen LogP contribution in [0.4, 0.5) is 4.79 Å². The van der Waals surface area contributed by atoms with Crippen molar-refractivity contribution in [1.29, 1.82) is 0 Å². The summed E-state index contributed by atoms with van der Waals surface area (Å²) >= 11 is 0. The Balaban J connectivity index is 2.02. The van der Waals surface area contributed by atoms with Crippen LogP contribution in [0.5, 0.6) is 0 Å². The summed E-state index contributed by atoms with van der Waals surface area (Å²) in [6, 6.07) is 6.80. The van der Waals surface area contributed by atoms with Crippen LogP contribution in [0, 0.1) is 5.92 Å². The number of carbonyl (C=O) groups is 2. The summed E-state index contributed by atoms with van der Waals surface area (Å²) in [5, 5.41) is 9.47. The van der Waals surface area contributed by atoms with Gasteiger partial charge in [0.1, 0.15) is 6.04 Å². The van der Waals surface area contributed by atoms with Gasteiger partial charge in [-0.15, -0.1) is 0 Å².